The second-order valence-corrected chi connectivity index (χ2v) is 7.17. The van der Waals surface area contributed by atoms with E-state index in [9.17, 15) is 0 Å². The Morgan fingerprint density at radius 3 is 3.00 bits per heavy atom. The zero-order valence-corrected chi connectivity index (χ0v) is 12.0. The fourth-order valence-corrected chi connectivity index (χ4v) is 4.51. The van der Waals surface area contributed by atoms with Crippen molar-refractivity contribution in [3.63, 3.8) is 0 Å². The summed E-state index contributed by atoms with van der Waals surface area (Å²) >= 11 is 2.15. The smallest absolute Gasteiger partial charge is 0.00782 e. The molecule has 0 saturated heterocycles. The summed E-state index contributed by atoms with van der Waals surface area (Å²) in [5.74, 6) is 2.05. The van der Waals surface area contributed by atoms with Crippen molar-refractivity contribution in [1.29, 1.82) is 0 Å². The lowest BCUT2D eigenvalue weighted by Gasteiger charge is -2.31. The first-order chi connectivity index (χ1) is 8.86. The van der Waals surface area contributed by atoms with Crippen LogP contribution in [0.5, 0.6) is 0 Å². The Hall–Kier alpha value is -0.470. The highest BCUT2D eigenvalue weighted by atomic mass is 32.2. The van der Waals surface area contributed by atoms with Gasteiger partial charge >= 0.3 is 0 Å². The van der Waals surface area contributed by atoms with Crippen LogP contribution in [0.25, 0.3) is 0 Å². The minimum absolute atomic E-state index is 0.777. The maximum atomic E-state index is 3.80. The third-order valence-electron chi connectivity index (χ3n) is 4.40. The molecule has 98 valence electrons. The number of benzene rings is 1. The molecule has 3 rings (SSSR count). The van der Waals surface area contributed by atoms with E-state index in [0.717, 1.165) is 17.2 Å². The quantitative estimate of drug-likeness (QED) is 0.869. The van der Waals surface area contributed by atoms with Gasteiger partial charge in [0.05, 0.1) is 0 Å². The molecule has 1 fully saturated rings. The van der Waals surface area contributed by atoms with Gasteiger partial charge < -0.3 is 5.32 Å². The molecule has 1 saturated carbocycles. The second-order valence-electron chi connectivity index (χ2n) is 5.60. The fourth-order valence-electron chi connectivity index (χ4n) is 3.37. The first-order valence-corrected chi connectivity index (χ1v) is 8.34. The molecule has 3 atom stereocenters. The van der Waals surface area contributed by atoms with Crippen molar-refractivity contribution in [2.75, 3.05) is 12.3 Å². The number of rotatable bonds is 5. The maximum Gasteiger partial charge on any atom is 0.00782 e. The third kappa shape index (κ3) is 2.60. The molecule has 0 heterocycles. The van der Waals surface area contributed by atoms with Crippen LogP contribution in [0.4, 0.5) is 0 Å². The molecule has 1 aromatic carbocycles. The summed E-state index contributed by atoms with van der Waals surface area (Å²) in [5.41, 5.74) is 3.15. The van der Waals surface area contributed by atoms with Gasteiger partial charge in [-0.25, -0.2) is 0 Å². The Bertz CT molecular complexity index is 404. The molecule has 0 bridgehead atoms. The van der Waals surface area contributed by atoms with Gasteiger partial charge in [-0.15, -0.1) is 0 Å². The van der Waals surface area contributed by atoms with E-state index in [1.165, 1.54) is 38.0 Å². The highest BCUT2D eigenvalue weighted by Gasteiger charge is 2.28. The van der Waals surface area contributed by atoms with Gasteiger partial charge in [-0.1, -0.05) is 31.2 Å². The molecule has 0 spiro atoms. The van der Waals surface area contributed by atoms with E-state index in [1.54, 1.807) is 11.1 Å². The fraction of sp³-hybridized carbons (Fsp3) is 0.625. The summed E-state index contributed by atoms with van der Waals surface area (Å²) < 4.78 is 0. The van der Waals surface area contributed by atoms with Crippen LogP contribution >= 0.6 is 11.8 Å². The normalized spacial score (nSPS) is 29.9. The highest BCUT2D eigenvalue weighted by molar-refractivity contribution is 7.99. The van der Waals surface area contributed by atoms with Crippen molar-refractivity contribution in [3.8, 4) is 0 Å². The lowest BCUT2D eigenvalue weighted by atomic mass is 9.77. The van der Waals surface area contributed by atoms with Crippen molar-refractivity contribution in [1.82, 2.24) is 5.32 Å². The number of hydrogen-bond donors (Lipinski definition) is 1. The van der Waals surface area contributed by atoms with Crippen molar-refractivity contribution in [2.45, 2.75) is 49.8 Å². The number of hydrogen-bond acceptors (Lipinski definition) is 2. The van der Waals surface area contributed by atoms with Gasteiger partial charge in [0.1, 0.15) is 0 Å². The van der Waals surface area contributed by atoms with Crippen LogP contribution in [0.15, 0.2) is 24.3 Å². The Morgan fingerprint density at radius 2 is 2.17 bits per heavy atom. The largest absolute Gasteiger partial charge is 0.313 e. The van der Waals surface area contributed by atoms with Gasteiger partial charge in [-0.3, -0.25) is 0 Å². The van der Waals surface area contributed by atoms with Gasteiger partial charge in [-0.2, -0.15) is 11.8 Å². The zero-order valence-electron chi connectivity index (χ0n) is 11.2. The standard InChI is InChI=1S/C16H23NS/c1-2-18-15-8-7-14(10-15)17-11-13-9-12-5-3-4-6-16(12)13/h3-6,13-15,17H,2,7-11H2,1H3. The van der Waals surface area contributed by atoms with Crippen LogP contribution in [0, 0.1) is 0 Å². The van der Waals surface area contributed by atoms with Crippen LogP contribution in [0.2, 0.25) is 0 Å². The minimum atomic E-state index is 0.777. The van der Waals surface area contributed by atoms with E-state index in [0.29, 0.717) is 0 Å². The lowest BCUT2D eigenvalue weighted by Crippen LogP contribution is -2.34. The summed E-state index contributed by atoms with van der Waals surface area (Å²) in [5, 5.41) is 4.72. The van der Waals surface area contributed by atoms with Crippen molar-refractivity contribution in [2.24, 2.45) is 0 Å². The monoisotopic (exact) mass is 261 g/mol. The second kappa shape index (κ2) is 5.66. The summed E-state index contributed by atoms with van der Waals surface area (Å²) in [4.78, 5) is 0. The molecule has 2 heteroatoms. The predicted octanol–water partition coefficient (Wildman–Crippen LogP) is 3.59. The number of nitrogens with one attached hydrogen (secondary N) is 1. The summed E-state index contributed by atoms with van der Waals surface area (Å²) in [6, 6.07) is 9.69. The summed E-state index contributed by atoms with van der Waals surface area (Å²) in [6.45, 7) is 3.46. The van der Waals surface area contributed by atoms with Gasteiger partial charge in [-0.05, 0) is 42.6 Å². The Kier molecular flexibility index (Phi) is 3.95. The van der Waals surface area contributed by atoms with Crippen molar-refractivity contribution < 1.29 is 0 Å². The SMILES string of the molecule is CCSC1CCC(NCC2Cc3ccccc32)C1. The van der Waals surface area contributed by atoms with Crippen LogP contribution in [-0.2, 0) is 6.42 Å². The van der Waals surface area contributed by atoms with Crippen LogP contribution in [0.1, 0.15) is 43.2 Å². The van der Waals surface area contributed by atoms with Crippen molar-refractivity contribution >= 4 is 11.8 Å². The molecular weight excluding hydrogens is 238 g/mol. The molecule has 2 aliphatic carbocycles. The van der Waals surface area contributed by atoms with E-state index in [-0.39, 0.29) is 0 Å². The number of thioether (sulfide) groups is 1. The molecule has 0 aliphatic heterocycles. The lowest BCUT2D eigenvalue weighted by molar-refractivity contribution is 0.465. The van der Waals surface area contributed by atoms with Crippen LogP contribution in [-0.4, -0.2) is 23.6 Å². The van der Waals surface area contributed by atoms with Crippen LogP contribution in [0.3, 0.4) is 0 Å². The van der Waals surface area contributed by atoms with E-state index in [1.807, 2.05) is 0 Å². The van der Waals surface area contributed by atoms with E-state index in [4.69, 9.17) is 0 Å². The minimum Gasteiger partial charge on any atom is -0.313 e. The Morgan fingerprint density at radius 1 is 1.28 bits per heavy atom. The third-order valence-corrected chi connectivity index (χ3v) is 5.63. The first-order valence-electron chi connectivity index (χ1n) is 7.29. The van der Waals surface area contributed by atoms with Crippen molar-refractivity contribution in [3.05, 3.63) is 35.4 Å². The molecule has 18 heavy (non-hydrogen) atoms. The zero-order chi connectivity index (χ0) is 12.4. The molecule has 1 N–H and O–H groups in total. The van der Waals surface area contributed by atoms with Crippen LogP contribution < -0.4 is 5.32 Å². The molecule has 3 unspecified atom stereocenters. The van der Waals surface area contributed by atoms with Gasteiger partial charge in [0.2, 0.25) is 0 Å². The molecule has 1 aromatic rings. The van der Waals surface area contributed by atoms with E-state index >= 15 is 0 Å². The molecule has 0 aromatic heterocycles. The average Bonchev–Trinajstić information content (AvgIpc) is 2.79. The molecule has 2 aliphatic rings. The maximum absolute atomic E-state index is 3.80. The average molecular weight is 261 g/mol. The van der Waals surface area contributed by atoms with Gasteiger partial charge in [0, 0.05) is 23.8 Å². The van der Waals surface area contributed by atoms with E-state index in [2.05, 4.69) is 48.3 Å². The Labute approximate surface area is 115 Å². The highest BCUT2D eigenvalue weighted by Crippen LogP contribution is 2.35. The predicted molar refractivity (Wildman–Crippen MR) is 80.4 cm³/mol. The summed E-state index contributed by atoms with van der Waals surface area (Å²) in [6.07, 6.45) is 5.46. The van der Waals surface area contributed by atoms with Gasteiger partial charge in [0.25, 0.3) is 0 Å². The molecular formula is C16H23NS. The number of fused-ring (bicyclic) bond motifs is 1. The van der Waals surface area contributed by atoms with E-state index < -0.39 is 0 Å². The summed E-state index contributed by atoms with van der Waals surface area (Å²) in [7, 11) is 0. The molecule has 0 radical (unpaired) electrons. The van der Waals surface area contributed by atoms with Gasteiger partial charge in [0.15, 0.2) is 0 Å². The molecule has 1 nitrogen and oxygen atoms in total. The first kappa shape index (κ1) is 12.6. The Balaban J connectivity index is 1.44. The topological polar surface area (TPSA) is 12.0 Å². The molecule has 0 amide bonds.